The summed E-state index contributed by atoms with van der Waals surface area (Å²) >= 11 is 11.9. The van der Waals surface area contributed by atoms with Crippen molar-refractivity contribution in [2.75, 3.05) is 0 Å². The van der Waals surface area contributed by atoms with E-state index in [1.165, 1.54) is 5.56 Å². The molecule has 0 aromatic heterocycles. The summed E-state index contributed by atoms with van der Waals surface area (Å²) in [5.41, 5.74) is 3.36. The molecule has 4 rings (SSSR count). The zero-order valence-corrected chi connectivity index (χ0v) is 18.0. The lowest BCUT2D eigenvalue weighted by atomic mass is 9.61. The fourth-order valence-corrected chi connectivity index (χ4v) is 4.46. The topological polar surface area (TPSA) is 34.1 Å². The Morgan fingerprint density at radius 1 is 0.767 bits per heavy atom. The van der Waals surface area contributed by atoms with E-state index in [-0.39, 0.29) is 17.0 Å². The first kappa shape index (κ1) is 20.8. The van der Waals surface area contributed by atoms with E-state index in [1.54, 1.807) is 48.5 Å². The molecule has 4 heteroatoms. The molecule has 0 spiro atoms. The van der Waals surface area contributed by atoms with E-state index in [1.807, 2.05) is 12.1 Å². The maximum absolute atomic E-state index is 12.8. The maximum atomic E-state index is 12.8. The molecule has 152 valence electrons. The van der Waals surface area contributed by atoms with E-state index in [2.05, 4.69) is 12.1 Å². The quantitative estimate of drug-likeness (QED) is 0.369. The smallest absolute Gasteiger partial charge is 0.167 e. The molecule has 3 aromatic rings. The van der Waals surface area contributed by atoms with E-state index >= 15 is 0 Å². The van der Waals surface area contributed by atoms with Crippen LogP contribution in [-0.4, -0.2) is 11.6 Å². The molecule has 0 radical (unpaired) electrons. The summed E-state index contributed by atoms with van der Waals surface area (Å²) in [7, 11) is 0. The number of hydrogen-bond donors (Lipinski definition) is 0. The molecule has 0 N–H and O–H groups in total. The molecule has 0 saturated heterocycles. The Bertz CT molecular complexity index is 1060. The number of hydrogen-bond acceptors (Lipinski definition) is 2. The van der Waals surface area contributed by atoms with E-state index in [0.29, 0.717) is 34.0 Å². The van der Waals surface area contributed by atoms with Gasteiger partial charge in [-0.1, -0.05) is 66.0 Å². The lowest BCUT2D eigenvalue weighted by Crippen LogP contribution is -2.36. The fourth-order valence-electron chi connectivity index (χ4n) is 4.14. The Labute approximate surface area is 186 Å². The minimum Gasteiger partial charge on any atom is -0.294 e. The van der Waals surface area contributed by atoms with Gasteiger partial charge in [0.2, 0.25) is 0 Å². The molecule has 0 aliphatic heterocycles. The monoisotopic (exact) mass is 436 g/mol. The van der Waals surface area contributed by atoms with Crippen LogP contribution in [0, 0.1) is 0 Å². The first-order valence-electron chi connectivity index (χ1n) is 10.1. The SMILES string of the molecule is O=C(Cc1ccc(C2(CC(=O)c3ccc(Cl)cc3)CCC2)cc1)c1cccc(Cl)c1. The standard InChI is InChI=1S/C26H22Cl2O2/c27-22-11-7-19(8-12-22)25(30)17-26(13-2-14-26)21-9-5-18(6-10-21)15-24(29)20-3-1-4-23(28)16-20/h1,3-12,16H,2,13-15,17H2. The lowest BCUT2D eigenvalue weighted by Gasteiger charge is -2.42. The van der Waals surface area contributed by atoms with Gasteiger partial charge in [-0.05, 0) is 60.4 Å². The molecule has 0 heterocycles. The molecule has 1 saturated carbocycles. The third-order valence-corrected chi connectivity index (χ3v) is 6.54. The first-order chi connectivity index (χ1) is 14.4. The van der Waals surface area contributed by atoms with Gasteiger partial charge in [0.1, 0.15) is 0 Å². The van der Waals surface area contributed by atoms with Crippen molar-refractivity contribution < 1.29 is 9.59 Å². The number of benzene rings is 3. The Morgan fingerprint density at radius 3 is 2.07 bits per heavy atom. The van der Waals surface area contributed by atoms with Crippen LogP contribution in [0.5, 0.6) is 0 Å². The van der Waals surface area contributed by atoms with Crippen LogP contribution in [0.25, 0.3) is 0 Å². The molecular weight excluding hydrogens is 415 g/mol. The largest absolute Gasteiger partial charge is 0.294 e. The summed E-state index contributed by atoms with van der Waals surface area (Å²) in [6.07, 6.45) is 3.97. The summed E-state index contributed by atoms with van der Waals surface area (Å²) in [5, 5.41) is 1.20. The number of halogens is 2. The molecule has 30 heavy (non-hydrogen) atoms. The molecule has 0 bridgehead atoms. The summed E-state index contributed by atoms with van der Waals surface area (Å²) in [4.78, 5) is 25.4. The normalized spacial score (nSPS) is 14.7. The number of carbonyl (C=O) groups excluding carboxylic acids is 2. The zero-order valence-electron chi connectivity index (χ0n) is 16.5. The van der Waals surface area contributed by atoms with E-state index in [0.717, 1.165) is 24.8 Å². The highest BCUT2D eigenvalue weighted by molar-refractivity contribution is 6.31. The maximum Gasteiger partial charge on any atom is 0.167 e. The van der Waals surface area contributed by atoms with Gasteiger partial charge in [-0.3, -0.25) is 9.59 Å². The van der Waals surface area contributed by atoms with Gasteiger partial charge in [0.05, 0.1) is 0 Å². The molecular formula is C26H22Cl2O2. The molecule has 3 aromatic carbocycles. The average molecular weight is 437 g/mol. The summed E-state index contributed by atoms with van der Waals surface area (Å²) in [6, 6.07) is 22.3. The predicted octanol–water partition coefficient (Wildman–Crippen LogP) is 7.11. The van der Waals surface area contributed by atoms with Gasteiger partial charge in [-0.2, -0.15) is 0 Å². The minimum atomic E-state index is -0.105. The number of Topliss-reactive ketones (excluding diaryl/α,β-unsaturated/α-hetero) is 2. The van der Waals surface area contributed by atoms with Crippen LogP contribution in [0.1, 0.15) is 57.5 Å². The number of rotatable bonds is 7. The summed E-state index contributed by atoms with van der Waals surface area (Å²) in [5.74, 6) is 0.188. The highest BCUT2D eigenvalue weighted by Crippen LogP contribution is 2.47. The first-order valence-corrected chi connectivity index (χ1v) is 10.9. The van der Waals surface area contributed by atoms with E-state index < -0.39 is 0 Å². The van der Waals surface area contributed by atoms with Crippen molar-refractivity contribution in [3.05, 3.63) is 105 Å². The van der Waals surface area contributed by atoms with Crippen molar-refractivity contribution in [2.45, 2.75) is 37.5 Å². The second-order valence-corrected chi connectivity index (χ2v) is 8.92. The van der Waals surface area contributed by atoms with Crippen molar-refractivity contribution in [1.29, 1.82) is 0 Å². The van der Waals surface area contributed by atoms with Crippen molar-refractivity contribution in [3.8, 4) is 0 Å². The van der Waals surface area contributed by atoms with E-state index in [9.17, 15) is 9.59 Å². The predicted molar refractivity (Wildman–Crippen MR) is 122 cm³/mol. The third kappa shape index (κ3) is 4.50. The second kappa shape index (κ2) is 8.75. The van der Waals surface area contributed by atoms with Crippen LogP contribution >= 0.6 is 23.2 Å². The van der Waals surface area contributed by atoms with Gasteiger partial charge in [-0.15, -0.1) is 0 Å². The van der Waals surface area contributed by atoms with Gasteiger partial charge < -0.3 is 0 Å². The van der Waals surface area contributed by atoms with Gasteiger partial charge in [0.25, 0.3) is 0 Å². The molecule has 1 aliphatic rings. The molecule has 0 unspecified atom stereocenters. The summed E-state index contributed by atoms with van der Waals surface area (Å²) in [6.45, 7) is 0. The van der Waals surface area contributed by atoms with Gasteiger partial charge in [-0.25, -0.2) is 0 Å². The van der Waals surface area contributed by atoms with Crippen LogP contribution in [0.15, 0.2) is 72.8 Å². The minimum absolute atomic E-state index is 0.0431. The van der Waals surface area contributed by atoms with Gasteiger partial charge in [0.15, 0.2) is 11.6 Å². The van der Waals surface area contributed by atoms with Gasteiger partial charge >= 0.3 is 0 Å². The summed E-state index contributed by atoms with van der Waals surface area (Å²) < 4.78 is 0. The van der Waals surface area contributed by atoms with Gasteiger partial charge in [0, 0.05) is 39.4 Å². The van der Waals surface area contributed by atoms with Crippen molar-refractivity contribution in [1.82, 2.24) is 0 Å². The van der Waals surface area contributed by atoms with Crippen LogP contribution < -0.4 is 0 Å². The molecule has 0 atom stereocenters. The van der Waals surface area contributed by atoms with Crippen molar-refractivity contribution in [2.24, 2.45) is 0 Å². The van der Waals surface area contributed by atoms with Crippen LogP contribution in [-0.2, 0) is 11.8 Å². The Morgan fingerprint density at radius 2 is 1.47 bits per heavy atom. The Kier molecular flexibility index (Phi) is 6.08. The number of carbonyl (C=O) groups is 2. The molecule has 1 fully saturated rings. The second-order valence-electron chi connectivity index (χ2n) is 8.05. The Balaban J connectivity index is 1.47. The van der Waals surface area contributed by atoms with Crippen molar-refractivity contribution >= 4 is 34.8 Å². The van der Waals surface area contributed by atoms with Crippen LogP contribution in [0.3, 0.4) is 0 Å². The third-order valence-electron chi connectivity index (χ3n) is 6.05. The lowest BCUT2D eigenvalue weighted by molar-refractivity contribution is 0.0904. The molecule has 2 nitrogen and oxygen atoms in total. The molecule has 0 amide bonds. The van der Waals surface area contributed by atoms with Crippen molar-refractivity contribution in [3.63, 3.8) is 0 Å². The molecule has 1 aliphatic carbocycles. The highest BCUT2D eigenvalue weighted by atomic mass is 35.5. The number of ketones is 2. The van der Waals surface area contributed by atoms with E-state index in [4.69, 9.17) is 23.2 Å². The van der Waals surface area contributed by atoms with Crippen LogP contribution in [0.2, 0.25) is 10.0 Å². The fraction of sp³-hybridized carbons (Fsp3) is 0.231. The average Bonchev–Trinajstić information content (AvgIpc) is 2.72. The van der Waals surface area contributed by atoms with Crippen LogP contribution in [0.4, 0.5) is 0 Å². The Hall–Kier alpha value is -2.42. The highest BCUT2D eigenvalue weighted by Gasteiger charge is 2.40. The zero-order chi connectivity index (χ0) is 21.1.